The summed E-state index contributed by atoms with van der Waals surface area (Å²) in [6.45, 7) is 4.75. The highest BCUT2D eigenvalue weighted by Crippen LogP contribution is 2.66. The molecule has 2 aromatic heterocycles. The Balaban J connectivity index is 0.865. The molecule has 13 aromatic rings. The quantitative estimate of drug-likeness (QED) is 0.166. The van der Waals surface area contributed by atoms with E-state index in [1.807, 2.05) is 22.7 Å². The van der Waals surface area contributed by atoms with Gasteiger partial charge in [-0.2, -0.15) is 0 Å². The molecular weight excluding hydrogens is 919 g/mol. The fourth-order valence-electron chi connectivity index (χ4n) is 13.5. The van der Waals surface area contributed by atoms with Gasteiger partial charge in [0.05, 0.1) is 5.41 Å². The van der Waals surface area contributed by atoms with Gasteiger partial charge in [-0.3, -0.25) is 0 Å². The maximum Gasteiger partial charge on any atom is 0.0732 e. The van der Waals surface area contributed by atoms with Crippen molar-refractivity contribution in [3.8, 4) is 55.6 Å². The number of fused-ring (bicyclic) bond motifs is 20. The van der Waals surface area contributed by atoms with E-state index in [0.717, 1.165) is 17.1 Å². The summed E-state index contributed by atoms with van der Waals surface area (Å²) in [6.07, 6.45) is 0. The molecule has 3 heteroatoms. The molecule has 1 atom stereocenters. The van der Waals surface area contributed by atoms with Crippen molar-refractivity contribution >= 4 is 80.1 Å². The summed E-state index contributed by atoms with van der Waals surface area (Å²) < 4.78 is 5.37. The second-order valence-electron chi connectivity index (χ2n) is 20.6. The van der Waals surface area contributed by atoms with E-state index in [1.165, 1.54) is 129 Å². The van der Waals surface area contributed by atoms with E-state index in [-0.39, 0.29) is 5.41 Å². The van der Waals surface area contributed by atoms with Crippen molar-refractivity contribution in [3.63, 3.8) is 0 Å². The van der Waals surface area contributed by atoms with Crippen molar-refractivity contribution in [2.24, 2.45) is 0 Å². The highest BCUT2D eigenvalue weighted by Gasteiger charge is 2.53. The van der Waals surface area contributed by atoms with Crippen molar-refractivity contribution < 1.29 is 0 Å². The number of rotatable bonds is 5. The molecule has 0 N–H and O–H groups in total. The molecule has 3 aliphatic carbocycles. The van der Waals surface area contributed by atoms with Gasteiger partial charge in [0.2, 0.25) is 0 Å². The number of nitrogens with zero attached hydrogens (tertiary/aromatic N) is 1. The molecule has 2 heterocycles. The fourth-order valence-corrected chi connectivity index (χ4v) is 16.0. The van der Waals surface area contributed by atoms with E-state index >= 15 is 0 Å². The van der Waals surface area contributed by atoms with E-state index in [0.29, 0.717) is 0 Å². The molecule has 1 unspecified atom stereocenters. The molecule has 0 saturated carbocycles. The first-order valence-electron chi connectivity index (χ1n) is 25.4. The van der Waals surface area contributed by atoms with Gasteiger partial charge in [-0.05, 0) is 132 Å². The monoisotopic (exact) mass is 963 g/mol. The van der Waals surface area contributed by atoms with Crippen molar-refractivity contribution in [3.05, 3.63) is 270 Å². The molecule has 16 rings (SSSR count). The van der Waals surface area contributed by atoms with Crippen molar-refractivity contribution in [1.29, 1.82) is 0 Å². The Hall–Kier alpha value is -8.34. The van der Waals surface area contributed by atoms with Crippen LogP contribution < -0.4 is 4.90 Å². The zero-order valence-electron chi connectivity index (χ0n) is 40.3. The molecule has 1 nitrogen and oxygen atoms in total. The van der Waals surface area contributed by atoms with Crippen LogP contribution in [0.5, 0.6) is 0 Å². The summed E-state index contributed by atoms with van der Waals surface area (Å²) in [5, 5.41) is 5.31. The Morgan fingerprint density at radius 2 is 0.795 bits per heavy atom. The van der Waals surface area contributed by atoms with Gasteiger partial charge >= 0.3 is 0 Å². The maximum absolute atomic E-state index is 2.46. The molecule has 0 bridgehead atoms. The minimum Gasteiger partial charge on any atom is -0.310 e. The zero-order valence-corrected chi connectivity index (χ0v) is 41.9. The summed E-state index contributed by atoms with van der Waals surface area (Å²) in [6, 6.07) is 89.5. The minimum atomic E-state index is -0.486. The molecular formula is C70H45NS2. The Bertz CT molecular complexity index is 4470. The van der Waals surface area contributed by atoms with Gasteiger partial charge in [0, 0.05) is 68.4 Å². The average Bonchev–Trinajstić information content (AvgIpc) is 4.32. The first-order chi connectivity index (χ1) is 36.0. The predicted molar refractivity (Wildman–Crippen MR) is 312 cm³/mol. The van der Waals surface area contributed by atoms with Gasteiger partial charge in [-0.15, -0.1) is 22.7 Å². The first kappa shape index (κ1) is 41.3. The van der Waals surface area contributed by atoms with Gasteiger partial charge < -0.3 is 4.90 Å². The lowest BCUT2D eigenvalue weighted by molar-refractivity contribution is 0.660. The van der Waals surface area contributed by atoms with Crippen LogP contribution in [0.4, 0.5) is 17.1 Å². The van der Waals surface area contributed by atoms with Gasteiger partial charge in [-0.25, -0.2) is 0 Å². The molecule has 11 aromatic carbocycles. The molecule has 342 valence electrons. The number of benzene rings is 11. The first-order valence-corrected chi connectivity index (χ1v) is 27.0. The SMILES string of the molecule is CC1(C)c2ccccc2-c2ccc(N(c3ccc(-c4cccc5c4C4(c6ccccc6-5)c5ccccc5-c5c4ccc4c5sc5ccccc54)cc3)c3ccc(-c4cccc5c4sc4ccccc45)cc3)cc21. The Labute approximate surface area is 432 Å². The summed E-state index contributed by atoms with van der Waals surface area (Å²) in [5.74, 6) is 0. The molecule has 0 radical (unpaired) electrons. The largest absolute Gasteiger partial charge is 0.310 e. The molecule has 0 saturated heterocycles. The number of anilines is 3. The third kappa shape index (κ3) is 5.56. The Morgan fingerprint density at radius 3 is 1.51 bits per heavy atom. The Kier molecular flexibility index (Phi) is 8.54. The van der Waals surface area contributed by atoms with Crippen LogP contribution in [0.1, 0.15) is 47.2 Å². The lowest BCUT2D eigenvalue weighted by Crippen LogP contribution is -2.26. The van der Waals surface area contributed by atoms with E-state index in [2.05, 4.69) is 255 Å². The van der Waals surface area contributed by atoms with Crippen LogP contribution in [0, 0.1) is 0 Å². The standard InChI is InChI=1S/C70H45NS2/c1-69(2)58-24-8-3-15-49(58)51-38-37-46(41-62(51)69)71(45-35-31-43(32-36-45)48-21-14-23-55-52-17-6-11-27-63(52)72-67(48)55)44-33-29-42(30-34-44)47-20-13-22-54-50-16-4-9-25-59(50)70(66(47)54)60-26-10-5-19-57(60)65-61(70)40-39-56-53-18-7-12-28-64(53)73-68(56)65/h3-41H,1-2H3. The molecule has 0 aliphatic heterocycles. The lowest BCUT2D eigenvalue weighted by Gasteiger charge is -2.32. The van der Waals surface area contributed by atoms with Crippen LogP contribution in [-0.4, -0.2) is 0 Å². The highest BCUT2D eigenvalue weighted by molar-refractivity contribution is 7.26. The molecule has 73 heavy (non-hydrogen) atoms. The summed E-state index contributed by atoms with van der Waals surface area (Å²) in [4.78, 5) is 2.46. The normalized spacial score (nSPS) is 15.4. The van der Waals surface area contributed by atoms with Crippen LogP contribution in [-0.2, 0) is 10.8 Å². The smallest absolute Gasteiger partial charge is 0.0732 e. The van der Waals surface area contributed by atoms with Crippen LogP contribution in [0.25, 0.3) is 96.0 Å². The predicted octanol–water partition coefficient (Wildman–Crippen LogP) is 19.9. The van der Waals surface area contributed by atoms with Crippen molar-refractivity contribution in [2.45, 2.75) is 24.7 Å². The molecule has 0 amide bonds. The van der Waals surface area contributed by atoms with E-state index < -0.39 is 5.41 Å². The van der Waals surface area contributed by atoms with E-state index in [1.54, 1.807) is 0 Å². The van der Waals surface area contributed by atoms with Crippen LogP contribution in [0.3, 0.4) is 0 Å². The van der Waals surface area contributed by atoms with Crippen LogP contribution >= 0.6 is 22.7 Å². The molecule has 3 aliphatic rings. The number of thiophene rings is 2. The second-order valence-corrected chi connectivity index (χ2v) is 22.7. The van der Waals surface area contributed by atoms with Gasteiger partial charge in [0.15, 0.2) is 0 Å². The van der Waals surface area contributed by atoms with E-state index in [9.17, 15) is 0 Å². The van der Waals surface area contributed by atoms with Crippen LogP contribution in [0.2, 0.25) is 0 Å². The minimum absolute atomic E-state index is 0.133. The van der Waals surface area contributed by atoms with Gasteiger partial charge in [-0.1, -0.05) is 202 Å². The maximum atomic E-state index is 2.46. The topological polar surface area (TPSA) is 3.24 Å². The summed E-state index contributed by atoms with van der Waals surface area (Å²) >= 11 is 3.82. The number of hydrogen-bond acceptors (Lipinski definition) is 3. The molecule has 0 fully saturated rings. The summed E-state index contributed by atoms with van der Waals surface area (Å²) in [5.41, 5.74) is 23.9. The van der Waals surface area contributed by atoms with E-state index in [4.69, 9.17) is 0 Å². The third-order valence-electron chi connectivity index (χ3n) is 16.7. The zero-order chi connectivity index (χ0) is 48.2. The fraction of sp³-hybridized carbons (Fsp3) is 0.0571. The van der Waals surface area contributed by atoms with Gasteiger partial charge in [0.25, 0.3) is 0 Å². The summed E-state index contributed by atoms with van der Waals surface area (Å²) in [7, 11) is 0. The average molecular weight is 964 g/mol. The second kappa shape index (κ2) is 15.1. The van der Waals surface area contributed by atoms with Gasteiger partial charge in [0.1, 0.15) is 0 Å². The lowest BCUT2D eigenvalue weighted by atomic mass is 9.68. The number of hydrogen-bond donors (Lipinski definition) is 0. The third-order valence-corrected chi connectivity index (χ3v) is 19.1. The highest BCUT2D eigenvalue weighted by atomic mass is 32.1. The molecule has 1 spiro atoms. The Morgan fingerprint density at radius 1 is 0.315 bits per heavy atom. The van der Waals surface area contributed by atoms with Crippen molar-refractivity contribution in [1.82, 2.24) is 0 Å². The van der Waals surface area contributed by atoms with Crippen LogP contribution in [0.15, 0.2) is 237 Å². The van der Waals surface area contributed by atoms with Crippen molar-refractivity contribution in [2.75, 3.05) is 4.90 Å².